The molecule has 4 aromatic rings. The number of methoxy groups -OCH3 is 1. The van der Waals surface area contributed by atoms with E-state index in [9.17, 15) is 9.59 Å². The number of rotatable bonds is 7. The van der Waals surface area contributed by atoms with Gasteiger partial charge in [-0.25, -0.2) is 4.68 Å². The predicted octanol–water partition coefficient (Wildman–Crippen LogP) is 3.39. The molecule has 3 heterocycles. The zero-order chi connectivity index (χ0) is 22.1. The number of nitrogens with one attached hydrogen (secondary N) is 1. The van der Waals surface area contributed by atoms with Crippen LogP contribution in [0, 0.1) is 6.92 Å². The first-order chi connectivity index (χ1) is 15.0. The highest BCUT2D eigenvalue weighted by Crippen LogP contribution is 2.24. The predicted molar refractivity (Wildman–Crippen MR) is 118 cm³/mol. The third kappa shape index (κ3) is 3.58. The van der Waals surface area contributed by atoms with E-state index < -0.39 is 6.04 Å². The number of aromatic nitrogens is 3. The Morgan fingerprint density at radius 1 is 1.23 bits per heavy atom. The van der Waals surface area contributed by atoms with Crippen molar-refractivity contribution in [3.05, 3.63) is 63.9 Å². The van der Waals surface area contributed by atoms with Crippen LogP contribution in [0.5, 0.6) is 5.75 Å². The van der Waals surface area contributed by atoms with Crippen molar-refractivity contribution in [1.82, 2.24) is 19.5 Å². The quantitative estimate of drug-likeness (QED) is 0.493. The van der Waals surface area contributed by atoms with Gasteiger partial charge in [0.15, 0.2) is 5.58 Å². The highest BCUT2D eigenvalue weighted by molar-refractivity contribution is 5.84. The van der Waals surface area contributed by atoms with Gasteiger partial charge in [0.05, 0.1) is 12.6 Å². The molecule has 0 bridgehead atoms. The molecule has 0 aliphatic rings. The minimum atomic E-state index is -0.722. The number of amides is 1. The molecule has 0 unspecified atom stereocenters. The van der Waals surface area contributed by atoms with Crippen LogP contribution < -0.4 is 15.6 Å². The molecule has 4 rings (SSSR count). The van der Waals surface area contributed by atoms with Crippen LogP contribution >= 0.6 is 0 Å². The van der Waals surface area contributed by atoms with Gasteiger partial charge in [-0.2, -0.15) is 5.10 Å². The number of para-hydroxylation sites is 1. The van der Waals surface area contributed by atoms with E-state index in [1.54, 1.807) is 13.2 Å². The number of aryl methyl sites for hydroxylation is 2. The van der Waals surface area contributed by atoms with Gasteiger partial charge in [-0.1, -0.05) is 32.0 Å². The second kappa shape index (κ2) is 8.29. The minimum Gasteiger partial charge on any atom is -0.496 e. The molecule has 8 heteroatoms. The van der Waals surface area contributed by atoms with E-state index in [1.165, 1.54) is 4.68 Å². The summed E-state index contributed by atoms with van der Waals surface area (Å²) in [6.07, 6.45) is 1.03. The number of carbonyl (C=O) groups is 1. The van der Waals surface area contributed by atoms with Crippen LogP contribution in [0.3, 0.4) is 0 Å². The van der Waals surface area contributed by atoms with Crippen LogP contribution in [0.4, 0.5) is 0 Å². The number of hydrogen-bond acceptors (Lipinski definition) is 5. The molecule has 0 fully saturated rings. The molecule has 3 aromatic heterocycles. The van der Waals surface area contributed by atoms with E-state index in [0.717, 1.165) is 16.8 Å². The van der Waals surface area contributed by atoms with E-state index in [-0.39, 0.29) is 11.5 Å². The van der Waals surface area contributed by atoms with Gasteiger partial charge in [0, 0.05) is 30.7 Å². The first kappa shape index (κ1) is 20.7. The fourth-order valence-electron chi connectivity index (χ4n) is 3.94. The Labute approximate surface area is 179 Å². The summed E-state index contributed by atoms with van der Waals surface area (Å²) in [5.74, 6) is 1.90. The van der Waals surface area contributed by atoms with Crippen molar-refractivity contribution in [1.29, 1.82) is 0 Å². The van der Waals surface area contributed by atoms with Crippen molar-refractivity contribution in [3.8, 4) is 5.75 Å². The number of benzene rings is 1. The van der Waals surface area contributed by atoms with Gasteiger partial charge in [-0.3, -0.25) is 14.0 Å². The summed E-state index contributed by atoms with van der Waals surface area (Å²) < 4.78 is 14.2. The maximum absolute atomic E-state index is 13.3. The summed E-state index contributed by atoms with van der Waals surface area (Å²) in [7, 11) is 1.59. The van der Waals surface area contributed by atoms with Gasteiger partial charge in [0.2, 0.25) is 5.91 Å². The standard InChI is InChI=1S/C23H26N4O4/c1-5-16(22(28)24-13-15-9-7-8-10-19(15)30-4)27-23(29)18-12-20-17(11-14(3)31-20)26(18)21(6-2)25-27/h7-12,16H,5-6,13H2,1-4H3,(H,24,28)/t16-/m1/s1. The molecule has 0 saturated carbocycles. The van der Waals surface area contributed by atoms with Crippen LogP contribution in [0.15, 0.2) is 45.6 Å². The molecule has 162 valence electrons. The van der Waals surface area contributed by atoms with Crippen molar-refractivity contribution in [2.45, 2.75) is 46.2 Å². The maximum Gasteiger partial charge on any atom is 0.291 e. The van der Waals surface area contributed by atoms with E-state index >= 15 is 0 Å². The topological polar surface area (TPSA) is 90.8 Å². The highest BCUT2D eigenvalue weighted by Gasteiger charge is 2.24. The zero-order valence-corrected chi connectivity index (χ0v) is 18.1. The lowest BCUT2D eigenvalue weighted by Gasteiger charge is -2.19. The average Bonchev–Trinajstić information content (AvgIpc) is 3.31. The van der Waals surface area contributed by atoms with E-state index in [1.807, 2.05) is 55.5 Å². The fraction of sp³-hybridized carbons (Fsp3) is 0.348. The molecule has 31 heavy (non-hydrogen) atoms. The second-order valence-corrected chi connectivity index (χ2v) is 7.44. The lowest BCUT2D eigenvalue weighted by Crippen LogP contribution is -2.39. The van der Waals surface area contributed by atoms with Gasteiger partial charge in [-0.05, 0) is 19.4 Å². The SMILES string of the molecule is CCc1nn([C@H](CC)C(=O)NCc2ccccc2OC)c(=O)c2cc3oc(C)cc3n12. The van der Waals surface area contributed by atoms with E-state index in [4.69, 9.17) is 9.15 Å². The van der Waals surface area contributed by atoms with Crippen molar-refractivity contribution < 1.29 is 13.9 Å². The van der Waals surface area contributed by atoms with Gasteiger partial charge < -0.3 is 14.5 Å². The van der Waals surface area contributed by atoms with Crippen LogP contribution in [-0.2, 0) is 17.8 Å². The summed E-state index contributed by atoms with van der Waals surface area (Å²) in [6.45, 7) is 6.00. The molecule has 1 N–H and O–H groups in total. The summed E-state index contributed by atoms with van der Waals surface area (Å²) in [5.41, 5.74) is 2.45. The number of furan rings is 1. The molecule has 0 radical (unpaired) electrons. The van der Waals surface area contributed by atoms with Crippen molar-refractivity contribution in [2.75, 3.05) is 7.11 Å². The van der Waals surface area contributed by atoms with Crippen molar-refractivity contribution >= 4 is 22.5 Å². The molecule has 8 nitrogen and oxygen atoms in total. The monoisotopic (exact) mass is 422 g/mol. The van der Waals surface area contributed by atoms with Crippen LogP contribution in [-0.4, -0.2) is 27.2 Å². The largest absolute Gasteiger partial charge is 0.496 e. The van der Waals surface area contributed by atoms with E-state index in [0.29, 0.717) is 42.1 Å². The number of nitrogens with zero attached hydrogens (tertiary/aromatic N) is 3. The smallest absolute Gasteiger partial charge is 0.291 e. The number of ether oxygens (including phenoxy) is 1. The second-order valence-electron chi connectivity index (χ2n) is 7.44. The number of fused-ring (bicyclic) bond motifs is 3. The Bertz CT molecular complexity index is 1310. The molecule has 0 aliphatic carbocycles. The van der Waals surface area contributed by atoms with Crippen molar-refractivity contribution in [3.63, 3.8) is 0 Å². The Balaban J connectivity index is 1.70. The summed E-state index contributed by atoms with van der Waals surface area (Å²) in [6, 6.07) is 10.4. The molecule has 0 saturated heterocycles. The first-order valence-electron chi connectivity index (χ1n) is 10.4. The van der Waals surface area contributed by atoms with E-state index in [2.05, 4.69) is 10.4 Å². The third-order valence-electron chi connectivity index (χ3n) is 5.47. The molecule has 1 amide bonds. The van der Waals surface area contributed by atoms with Gasteiger partial charge in [0.1, 0.15) is 28.9 Å². The van der Waals surface area contributed by atoms with Gasteiger partial charge in [-0.15, -0.1) is 0 Å². The highest BCUT2D eigenvalue weighted by atomic mass is 16.5. The van der Waals surface area contributed by atoms with Gasteiger partial charge in [0.25, 0.3) is 5.56 Å². The molecular formula is C23H26N4O4. The minimum absolute atomic E-state index is 0.263. The van der Waals surface area contributed by atoms with Crippen molar-refractivity contribution in [2.24, 2.45) is 0 Å². The Kier molecular flexibility index (Phi) is 5.54. The number of hydrogen-bond donors (Lipinski definition) is 1. The normalized spacial score (nSPS) is 12.4. The lowest BCUT2D eigenvalue weighted by molar-refractivity contribution is -0.125. The summed E-state index contributed by atoms with van der Waals surface area (Å²) in [4.78, 5) is 26.3. The summed E-state index contributed by atoms with van der Waals surface area (Å²) in [5, 5.41) is 7.49. The maximum atomic E-state index is 13.3. The lowest BCUT2D eigenvalue weighted by atomic mass is 10.1. The van der Waals surface area contributed by atoms with Gasteiger partial charge >= 0.3 is 0 Å². The molecule has 1 atom stereocenters. The number of carbonyl (C=O) groups excluding carboxylic acids is 1. The third-order valence-corrected chi connectivity index (χ3v) is 5.47. The molecule has 0 aliphatic heterocycles. The zero-order valence-electron chi connectivity index (χ0n) is 18.1. The van der Waals surface area contributed by atoms with Crippen LogP contribution in [0.25, 0.3) is 16.6 Å². The Morgan fingerprint density at radius 2 is 2.00 bits per heavy atom. The summed E-state index contributed by atoms with van der Waals surface area (Å²) >= 11 is 0. The van der Waals surface area contributed by atoms with Crippen LogP contribution in [0.2, 0.25) is 0 Å². The fourth-order valence-corrected chi connectivity index (χ4v) is 3.94. The average molecular weight is 422 g/mol. The molecule has 0 spiro atoms. The molecular weight excluding hydrogens is 396 g/mol. The van der Waals surface area contributed by atoms with Crippen LogP contribution in [0.1, 0.15) is 43.5 Å². The Hall–Kier alpha value is -3.55. The Morgan fingerprint density at radius 3 is 2.71 bits per heavy atom. The first-order valence-corrected chi connectivity index (χ1v) is 10.4. The molecule has 1 aromatic carbocycles.